The Kier molecular flexibility index (Phi) is 6.66. The lowest BCUT2D eigenvalue weighted by atomic mass is 10.1. The van der Waals surface area contributed by atoms with Crippen LogP contribution < -0.4 is 21.1 Å². The maximum Gasteiger partial charge on any atom is 0.250 e. The number of hydrogen-bond acceptors (Lipinski definition) is 9. The first kappa shape index (κ1) is 23.2. The van der Waals surface area contributed by atoms with E-state index < -0.39 is 30.4 Å². The third kappa shape index (κ3) is 4.58. The third-order valence-electron chi connectivity index (χ3n) is 5.29. The number of carbonyl (C=O) groups excluding carboxylic acids is 1. The van der Waals surface area contributed by atoms with Crippen molar-refractivity contribution < 1.29 is 19.4 Å². The minimum Gasteiger partial charge on any atom is -0.491 e. The van der Waals surface area contributed by atoms with Crippen molar-refractivity contribution in [2.24, 2.45) is 5.73 Å². The summed E-state index contributed by atoms with van der Waals surface area (Å²) in [6, 6.07) is 4.53. The van der Waals surface area contributed by atoms with Crippen molar-refractivity contribution in [3.05, 3.63) is 41.4 Å². The number of imidazole rings is 1. The molecule has 0 unspecified atom stereocenters. The number of ether oxygens (including phenoxy) is 2. The molecule has 1 amide bonds. The lowest BCUT2D eigenvalue weighted by Crippen LogP contribution is -2.46. The number of likely N-dealkylation sites (N-methyl/N-ethyl adjacent to an activating group) is 1. The van der Waals surface area contributed by atoms with Crippen molar-refractivity contribution >= 4 is 34.5 Å². The summed E-state index contributed by atoms with van der Waals surface area (Å²) in [6.07, 6.45) is -0.177. The lowest BCUT2D eigenvalue weighted by Gasteiger charge is -2.17. The van der Waals surface area contributed by atoms with E-state index in [1.807, 2.05) is 26.0 Å². The molecule has 33 heavy (non-hydrogen) atoms. The Balaban J connectivity index is 1.59. The van der Waals surface area contributed by atoms with Gasteiger partial charge in [-0.15, -0.1) is 0 Å². The van der Waals surface area contributed by atoms with Crippen LogP contribution in [0.3, 0.4) is 0 Å². The highest BCUT2D eigenvalue weighted by Crippen LogP contribution is 2.32. The van der Waals surface area contributed by atoms with Gasteiger partial charge in [-0.25, -0.2) is 15.0 Å². The molecule has 0 radical (unpaired) electrons. The summed E-state index contributed by atoms with van der Waals surface area (Å²) in [5, 5.41) is 16.9. The van der Waals surface area contributed by atoms with Crippen LogP contribution in [0.5, 0.6) is 5.75 Å². The summed E-state index contributed by atoms with van der Waals surface area (Å²) in [7, 11) is 1.48. The molecule has 1 aromatic carbocycles. The van der Waals surface area contributed by atoms with Gasteiger partial charge >= 0.3 is 0 Å². The summed E-state index contributed by atoms with van der Waals surface area (Å²) in [4.78, 5) is 25.0. The first-order chi connectivity index (χ1) is 15.8. The molecule has 3 aromatic rings. The highest BCUT2D eigenvalue weighted by Gasteiger charge is 2.46. The number of rotatable bonds is 7. The molecule has 11 nitrogen and oxygen atoms in total. The number of fused-ring (bicyclic) bond motifs is 1. The number of halogens is 1. The van der Waals surface area contributed by atoms with Crippen LogP contribution in [0.15, 0.2) is 30.9 Å². The van der Waals surface area contributed by atoms with Gasteiger partial charge in [0.1, 0.15) is 18.2 Å². The summed E-state index contributed by atoms with van der Waals surface area (Å²) in [5.74, 6) is 0.787. The molecule has 4 rings (SSSR count). The number of anilines is 1. The number of carbonyl (C=O) groups is 1. The first-order valence-corrected chi connectivity index (χ1v) is 10.8. The van der Waals surface area contributed by atoms with E-state index in [9.17, 15) is 9.90 Å². The zero-order valence-corrected chi connectivity index (χ0v) is 19.2. The molecule has 0 bridgehead atoms. The van der Waals surface area contributed by atoms with Gasteiger partial charge in [0.05, 0.1) is 18.5 Å². The van der Waals surface area contributed by atoms with E-state index in [2.05, 4.69) is 25.6 Å². The monoisotopic (exact) mass is 475 g/mol. The van der Waals surface area contributed by atoms with Crippen molar-refractivity contribution in [1.29, 1.82) is 0 Å². The molecule has 4 atom stereocenters. The zero-order valence-electron chi connectivity index (χ0n) is 18.4. The Labute approximate surface area is 195 Å². The predicted octanol–water partition coefficient (Wildman–Crippen LogP) is 1.21. The minimum absolute atomic E-state index is 0.00853. The number of aliphatic hydroxyl groups is 1. The van der Waals surface area contributed by atoms with E-state index in [0.29, 0.717) is 28.5 Å². The fraction of sp³-hybridized carbons (Fsp3) is 0.429. The van der Waals surface area contributed by atoms with Crippen molar-refractivity contribution in [1.82, 2.24) is 24.8 Å². The Morgan fingerprint density at radius 2 is 2.15 bits per heavy atom. The number of nitrogens with two attached hydrogens (primary N) is 1. The molecule has 1 aliphatic rings. The van der Waals surface area contributed by atoms with E-state index in [1.54, 1.807) is 10.6 Å². The predicted molar refractivity (Wildman–Crippen MR) is 122 cm³/mol. The normalized spacial score (nSPS) is 22.6. The Morgan fingerprint density at radius 3 is 2.88 bits per heavy atom. The number of nitrogens with zero attached hydrogens (tertiary/aromatic N) is 4. The zero-order chi connectivity index (χ0) is 23.7. The van der Waals surface area contributed by atoms with Crippen LogP contribution in [0.2, 0.25) is 5.02 Å². The Hall–Kier alpha value is -2.99. The van der Waals surface area contributed by atoms with Crippen LogP contribution >= 0.6 is 11.6 Å². The van der Waals surface area contributed by atoms with Gasteiger partial charge < -0.3 is 30.9 Å². The minimum atomic E-state index is -1.13. The average Bonchev–Trinajstić information content (AvgIpc) is 3.34. The van der Waals surface area contributed by atoms with Gasteiger partial charge in [-0.1, -0.05) is 11.6 Å². The average molecular weight is 476 g/mol. The molecule has 1 fully saturated rings. The molecule has 12 heteroatoms. The number of hydrogen-bond donors (Lipinski definition) is 4. The fourth-order valence-corrected chi connectivity index (χ4v) is 3.90. The van der Waals surface area contributed by atoms with Gasteiger partial charge in [-0.2, -0.15) is 0 Å². The van der Waals surface area contributed by atoms with E-state index in [1.165, 1.54) is 19.7 Å². The van der Waals surface area contributed by atoms with Gasteiger partial charge in [0.25, 0.3) is 5.91 Å². The second-order valence-electron chi connectivity index (χ2n) is 7.95. The van der Waals surface area contributed by atoms with Gasteiger partial charge in [-0.3, -0.25) is 9.36 Å². The van der Waals surface area contributed by atoms with E-state index in [4.69, 9.17) is 26.8 Å². The fourth-order valence-electron chi connectivity index (χ4n) is 3.70. The van der Waals surface area contributed by atoms with Crippen molar-refractivity contribution in [2.75, 3.05) is 12.4 Å². The van der Waals surface area contributed by atoms with Gasteiger partial charge in [0.2, 0.25) is 0 Å². The third-order valence-corrected chi connectivity index (χ3v) is 5.53. The Morgan fingerprint density at radius 1 is 1.36 bits per heavy atom. The van der Waals surface area contributed by atoms with Crippen LogP contribution in [-0.2, 0) is 16.1 Å². The van der Waals surface area contributed by atoms with Crippen molar-refractivity contribution in [3.8, 4) is 5.75 Å². The molecule has 5 N–H and O–H groups in total. The molecular formula is C21H26ClN7O4. The SMILES string of the molecule is CNC(=O)[C@H]1O[C@@H](n2cnc3c(NCc4cc(Cl)ccc4OC(C)C)ncnc32)[C@H](O)[C@@H]1N. The van der Waals surface area contributed by atoms with Crippen molar-refractivity contribution in [2.45, 2.75) is 51.0 Å². The number of benzene rings is 1. The Bertz CT molecular complexity index is 1150. The standard InChI is InChI=1S/C21H26ClN7O4/c1-10(2)32-13-5-4-12(22)6-11(13)7-25-18-15-19(27-8-26-18)29(9-28-15)21-16(30)14(23)17(33-21)20(31)24-3/h4-6,8-10,14,16-17,21,30H,7,23H2,1-3H3,(H,24,31)(H,25,26,27)/t14-,16+,17-,21+/m0/s1. The van der Waals surface area contributed by atoms with E-state index in [-0.39, 0.29) is 6.10 Å². The summed E-state index contributed by atoms with van der Waals surface area (Å²) in [5.41, 5.74) is 7.76. The number of aliphatic hydroxyl groups excluding tert-OH is 1. The highest BCUT2D eigenvalue weighted by atomic mass is 35.5. The molecule has 0 spiro atoms. The molecule has 176 valence electrons. The highest BCUT2D eigenvalue weighted by molar-refractivity contribution is 6.30. The van der Waals surface area contributed by atoms with Crippen LogP contribution in [0, 0.1) is 0 Å². The van der Waals surface area contributed by atoms with Gasteiger partial charge in [0, 0.05) is 24.2 Å². The van der Waals surface area contributed by atoms with Crippen LogP contribution in [0.25, 0.3) is 11.2 Å². The smallest absolute Gasteiger partial charge is 0.250 e. The van der Waals surface area contributed by atoms with Crippen LogP contribution in [0.1, 0.15) is 25.6 Å². The molecule has 3 heterocycles. The molecule has 1 aliphatic heterocycles. The molecular weight excluding hydrogens is 450 g/mol. The van der Waals surface area contributed by atoms with Gasteiger partial charge in [-0.05, 0) is 32.0 Å². The number of aromatic nitrogens is 4. The van der Waals surface area contributed by atoms with Gasteiger partial charge in [0.15, 0.2) is 29.3 Å². The topological polar surface area (TPSA) is 149 Å². The quantitative estimate of drug-likeness (QED) is 0.395. The second-order valence-corrected chi connectivity index (χ2v) is 8.38. The van der Waals surface area contributed by atoms with E-state index >= 15 is 0 Å². The molecule has 0 saturated carbocycles. The number of nitrogens with one attached hydrogen (secondary N) is 2. The summed E-state index contributed by atoms with van der Waals surface area (Å²) in [6.45, 7) is 4.28. The second kappa shape index (κ2) is 9.48. The maximum absolute atomic E-state index is 12.0. The molecule has 2 aromatic heterocycles. The van der Waals surface area contributed by atoms with E-state index in [0.717, 1.165) is 11.3 Å². The summed E-state index contributed by atoms with van der Waals surface area (Å²) < 4.78 is 13.2. The van der Waals surface area contributed by atoms with Crippen molar-refractivity contribution in [3.63, 3.8) is 0 Å². The number of amides is 1. The summed E-state index contributed by atoms with van der Waals surface area (Å²) >= 11 is 6.18. The molecule has 1 saturated heterocycles. The largest absolute Gasteiger partial charge is 0.491 e. The lowest BCUT2D eigenvalue weighted by molar-refractivity contribution is -0.134. The first-order valence-electron chi connectivity index (χ1n) is 10.5. The molecule has 0 aliphatic carbocycles. The van der Waals surface area contributed by atoms with Crippen LogP contribution in [-0.4, -0.2) is 61.9 Å². The van der Waals surface area contributed by atoms with Crippen LogP contribution in [0.4, 0.5) is 5.82 Å². The maximum atomic E-state index is 12.0.